The molecule has 0 heterocycles. The number of ether oxygens (including phenoxy) is 1. The number of rotatable bonds is 4. The molecular formula is C13H8ClF2NO3. The Balaban J connectivity index is 2.24. The molecule has 0 unspecified atom stereocenters. The van der Waals surface area contributed by atoms with Crippen LogP contribution in [0.5, 0.6) is 5.75 Å². The van der Waals surface area contributed by atoms with Crippen molar-refractivity contribution in [1.29, 1.82) is 0 Å². The molecule has 0 aromatic heterocycles. The summed E-state index contributed by atoms with van der Waals surface area (Å²) in [4.78, 5) is 10.1. The minimum absolute atomic E-state index is 0.121. The summed E-state index contributed by atoms with van der Waals surface area (Å²) in [7, 11) is 0. The number of nitro benzene ring substituents is 1. The van der Waals surface area contributed by atoms with E-state index in [2.05, 4.69) is 0 Å². The maximum atomic E-state index is 13.5. The smallest absolute Gasteiger partial charge is 0.311 e. The fourth-order valence-electron chi connectivity index (χ4n) is 1.56. The van der Waals surface area contributed by atoms with Gasteiger partial charge < -0.3 is 4.74 Å². The highest BCUT2D eigenvalue weighted by molar-refractivity contribution is 6.30. The third-order valence-corrected chi connectivity index (χ3v) is 2.74. The molecule has 0 fully saturated rings. The second-order valence-corrected chi connectivity index (χ2v) is 4.33. The quantitative estimate of drug-likeness (QED) is 0.630. The molecule has 2 aromatic carbocycles. The lowest BCUT2D eigenvalue weighted by molar-refractivity contribution is -0.386. The van der Waals surface area contributed by atoms with E-state index in [1.54, 1.807) is 0 Å². The Hall–Kier alpha value is -2.21. The van der Waals surface area contributed by atoms with Crippen LogP contribution in [0.15, 0.2) is 36.4 Å². The summed E-state index contributed by atoms with van der Waals surface area (Å²) >= 11 is 5.72. The number of hydrogen-bond acceptors (Lipinski definition) is 3. The van der Waals surface area contributed by atoms with Gasteiger partial charge in [0.05, 0.1) is 4.92 Å². The summed E-state index contributed by atoms with van der Waals surface area (Å²) < 4.78 is 31.7. The number of benzene rings is 2. The number of nitrogens with zero attached hydrogens (tertiary/aromatic N) is 1. The first-order valence-electron chi connectivity index (χ1n) is 5.48. The van der Waals surface area contributed by atoms with Crippen LogP contribution in [-0.2, 0) is 6.61 Å². The molecule has 0 bridgehead atoms. The van der Waals surface area contributed by atoms with E-state index >= 15 is 0 Å². The van der Waals surface area contributed by atoms with Gasteiger partial charge in [-0.2, -0.15) is 0 Å². The highest BCUT2D eigenvalue weighted by Gasteiger charge is 2.16. The van der Waals surface area contributed by atoms with Crippen LogP contribution in [0.25, 0.3) is 0 Å². The van der Waals surface area contributed by atoms with Crippen molar-refractivity contribution in [2.24, 2.45) is 0 Å². The monoisotopic (exact) mass is 299 g/mol. The lowest BCUT2D eigenvalue weighted by Crippen LogP contribution is -2.01. The molecule has 0 radical (unpaired) electrons. The molecule has 0 N–H and O–H groups in total. The van der Waals surface area contributed by atoms with Gasteiger partial charge in [-0.15, -0.1) is 0 Å². The van der Waals surface area contributed by atoms with Crippen molar-refractivity contribution in [3.8, 4) is 5.75 Å². The number of nitro groups is 1. The minimum Gasteiger partial charge on any atom is -0.482 e. The molecule has 2 rings (SSSR count). The molecule has 7 heteroatoms. The summed E-state index contributed by atoms with van der Waals surface area (Å²) in [5, 5.41) is 11.1. The van der Waals surface area contributed by atoms with Crippen molar-refractivity contribution in [3.63, 3.8) is 0 Å². The van der Waals surface area contributed by atoms with Crippen molar-refractivity contribution >= 4 is 17.3 Å². The lowest BCUT2D eigenvalue weighted by Gasteiger charge is -2.08. The third kappa shape index (κ3) is 3.21. The van der Waals surface area contributed by atoms with Crippen LogP contribution in [0.4, 0.5) is 14.5 Å². The maximum absolute atomic E-state index is 13.5. The molecule has 2 aromatic rings. The predicted octanol–water partition coefficient (Wildman–Crippen LogP) is 4.11. The van der Waals surface area contributed by atoms with E-state index < -0.39 is 22.2 Å². The number of halogens is 3. The van der Waals surface area contributed by atoms with Gasteiger partial charge in [-0.1, -0.05) is 11.6 Å². The third-order valence-electron chi connectivity index (χ3n) is 2.51. The molecule has 20 heavy (non-hydrogen) atoms. The fourth-order valence-corrected chi connectivity index (χ4v) is 1.76. The standard InChI is InChI=1S/C13H8ClF2NO3/c14-9-1-3-11(16)8(5-9)7-20-13-6-10(15)2-4-12(13)17(18)19/h1-6H,7H2. The number of hydrogen-bond donors (Lipinski definition) is 0. The van der Waals surface area contributed by atoms with Gasteiger partial charge in [-0.25, -0.2) is 8.78 Å². The molecular weight excluding hydrogens is 292 g/mol. The van der Waals surface area contributed by atoms with Crippen LogP contribution in [0.2, 0.25) is 5.02 Å². The summed E-state index contributed by atoms with van der Waals surface area (Å²) in [6, 6.07) is 6.67. The van der Waals surface area contributed by atoms with Gasteiger partial charge in [0.1, 0.15) is 18.2 Å². The first-order chi connectivity index (χ1) is 9.47. The summed E-state index contributed by atoms with van der Waals surface area (Å²) in [6.45, 7) is -0.295. The molecule has 0 saturated heterocycles. The van der Waals surface area contributed by atoms with Gasteiger partial charge >= 0.3 is 5.69 Å². The molecule has 104 valence electrons. The average Bonchev–Trinajstić information content (AvgIpc) is 2.39. The van der Waals surface area contributed by atoms with Crippen LogP contribution < -0.4 is 4.74 Å². The van der Waals surface area contributed by atoms with E-state index in [0.717, 1.165) is 24.3 Å². The van der Waals surface area contributed by atoms with Gasteiger partial charge in [-0.3, -0.25) is 10.1 Å². The SMILES string of the molecule is O=[N+]([O-])c1ccc(F)cc1OCc1cc(Cl)ccc1F. The Kier molecular flexibility index (Phi) is 4.14. The molecule has 0 spiro atoms. The van der Waals surface area contributed by atoms with E-state index in [9.17, 15) is 18.9 Å². The van der Waals surface area contributed by atoms with Gasteiger partial charge in [0, 0.05) is 22.7 Å². The normalized spacial score (nSPS) is 10.3. The van der Waals surface area contributed by atoms with E-state index in [0.29, 0.717) is 5.02 Å². The van der Waals surface area contributed by atoms with Gasteiger partial charge in [0.25, 0.3) is 0 Å². The van der Waals surface area contributed by atoms with E-state index in [-0.39, 0.29) is 17.9 Å². The van der Waals surface area contributed by atoms with Crippen LogP contribution in [-0.4, -0.2) is 4.92 Å². The molecule has 0 saturated carbocycles. The van der Waals surface area contributed by atoms with Crippen molar-refractivity contribution in [1.82, 2.24) is 0 Å². The van der Waals surface area contributed by atoms with Crippen LogP contribution in [0.1, 0.15) is 5.56 Å². The molecule has 4 nitrogen and oxygen atoms in total. The molecule has 0 aliphatic rings. The Bertz CT molecular complexity index is 664. The topological polar surface area (TPSA) is 52.4 Å². The first-order valence-corrected chi connectivity index (χ1v) is 5.86. The Morgan fingerprint density at radius 3 is 2.65 bits per heavy atom. The molecule has 0 aliphatic heterocycles. The molecule has 0 amide bonds. The van der Waals surface area contributed by atoms with Crippen molar-refractivity contribution < 1.29 is 18.4 Å². The zero-order chi connectivity index (χ0) is 14.7. The fraction of sp³-hybridized carbons (Fsp3) is 0.0769. The second kappa shape index (κ2) is 5.83. The maximum Gasteiger partial charge on any atom is 0.311 e. The summed E-state index contributed by atoms with van der Waals surface area (Å²) in [5.74, 6) is -1.51. The first kappa shape index (κ1) is 14.2. The van der Waals surface area contributed by atoms with Gasteiger partial charge in [0.2, 0.25) is 0 Å². The second-order valence-electron chi connectivity index (χ2n) is 3.89. The molecule has 0 atom stereocenters. The Labute approximate surface area is 117 Å². The van der Waals surface area contributed by atoms with E-state index in [1.165, 1.54) is 12.1 Å². The highest BCUT2D eigenvalue weighted by Crippen LogP contribution is 2.28. The largest absolute Gasteiger partial charge is 0.482 e. The zero-order valence-electron chi connectivity index (χ0n) is 9.98. The van der Waals surface area contributed by atoms with E-state index in [4.69, 9.17) is 16.3 Å². The van der Waals surface area contributed by atoms with E-state index in [1.807, 2.05) is 0 Å². The highest BCUT2D eigenvalue weighted by atomic mass is 35.5. The van der Waals surface area contributed by atoms with Crippen LogP contribution in [0, 0.1) is 21.7 Å². The summed E-state index contributed by atoms with van der Waals surface area (Å²) in [6.07, 6.45) is 0. The Morgan fingerprint density at radius 1 is 1.20 bits per heavy atom. The Morgan fingerprint density at radius 2 is 1.95 bits per heavy atom. The van der Waals surface area contributed by atoms with Crippen LogP contribution >= 0.6 is 11.6 Å². The lowest BCUT2D eigenvalue weighted by atomic mass is 10.2. The minimum atomic E-state index is -0.705. The molecule has 0 aliphatic carbocycles. The van der Waals surface area contributed by atoms with Crippen molar-refractivity contribution in [2.75, 3.05) is 0 Å². The van der Waals surface area contributed by atoms with Crippen LogP contribution in [0.3, 0.4) is 0 Å². The average molecular weight is 300 g/mol. The summed E-state index contributed by atoms with van der Waals surface area (Å²) in [5.41, 5.74) is -0.273. The zero-order valence-corrected chi connectivity index (χ0v) is 10.7. The van der Waals surface area contributed by atoms with Gasteiger partial charge in [-0.05, 0) is 24.3 Å². The van der Waals surface area contributed by atoms with Gasteiger partial charge in [0.15, 0.2) is 5.75 Å². The van der Waals surface area contributed by atoms with Crippen molar-refractivity contribution in [2.45, 2.75) is 6.61 Å². The predicted molar refractivity (Wildman–Crippen MR) is 68.8 cm³/mol. The van der Waals surface area contributed by atoms with Crippen molar-refractivity contribution in [3.05, 3.63) is 68.7 Å².